The molecule has 2 heterocycles. The SMILES string of the molecule is CCN1CCN(c2ccnc(C(=O)NCCc3cccc(Cl)c3)c2)CC1. The highest BCUT2D eigenvalue weighted by molar-refractivity contribution is 6.30. The average molecular weight is 373 g/mol. The first-order valence-electron chi connectivity index (χ1n) is 9.11. The van der Waals surface area contributed by atoms with Crippen molar-refractivity contribution in [3.8, 4) is 0 Å². The van der Waals surface area contributed by atoms with Crippen molar-refractivity contribution < 1.29 is 4.79 Å². The van der Waals surface area contributed by atoms with E-state index in [1.165, 1.54) is 0 Å². The normalized spacial score (nSPS) is 15.1. The smallest absolute Gasteiger partial charge is 0.269 e. The fraction of sp³-hybridized carbons (Fsp3) is 0.400. The van der Waals surface area contributed by atoms with Crippen LogP contribution >= 0.6 is 11.6 Å². The van der Waals surface area contributed by atoms with Crippen LogP contribution in [0.3, 0.4) is 0 Å². The van der Waals surface area contributed by atoms with Gasteiger partial charge in [0.1, 0.15) is 5.69 Å². The summed E-state index contributed by atoms with van der Waals surface area (Å²) in [4.78, 5) is 21.4. The topological polar surface area (TPSA) is 48.5 Å². The Morgan fingerprint density at radius 3 is 2.73 bits per heavy atom. The fourth-order valence-corrected chi connectivity index (χ4v) is 3.38. The average Bonchev–Trinajstić information content (AvgIpc) is 2.68. The van der Waals surface area contributed by atoms with Crippen LogP contribution < -0.4 is 10.2 Å². The van der Waals surface area contributed by atoms with Gasteiger partial charge in [-0.15, -0.1) is 0 Å². The molecule has 1 saturated heterocycles. The van der Waals surface area contributed by atoms with Gasteiger partial charge >= 0.3 is 0 Å². The van der Waals surface area contributed by atoms with Crippen molar-refractivity contribution >= 4 is 23.2 Å². The van der Waals surface area contributed by atoms with Crippen LogP contribution in [0.25, 0.3) is 0 Å². The molecule has 6 heteroatoms. The van der Waals surface area contributed by atoms with Crippen molar-refractivity contribution in [3.63, 3.8) is 0 Å². The minimum atomic E-state index is -0.138. The Balaban J connectivity index is 1.54. The molecule has 26 heavy (non-hydrogen) atoms. The van der Waals surface area contributed by atoms with Crippen LogP contribution in [0.2, 0.25) is 5.02 Å². The molecule has 0 saturated carbocycles. The van der Waals surface area contributed by atoms with Gasteiger partial charge in [0, 0.05) is 49.6 Å². The van der Waals surface area contributed by atoms with E-state index in [9.17, 15) is 4.79 Å². The van der Waals surface area contributed by atoms with Crippen molar-refractivity contribution in [2.45, 2.75) is 13.3 Å². The van der Waals surface area contributed by atoms with Crippen molar-refractivity contribution in [1.82, 2.24) is 15.2 Å². The Bertz CT molecular complexity index is 744. The molecule has 0 atom stereocenters. The number of piperazine rings is 1. The number of pyridine rings is 1. The van der Waals surface area contributed by atoms with Gasteiger partial charge < -0.3 is 15.1 Å². The summed E-state index contributed by atoms with van der Waals surface area (Å²) < 4.78 is 0. The molecule has 2 aromatic rings. The number of benzene rings is 1. The first-order chi connectivity index (χ1) is 12.7. The van der Waals surface area contributed by atoms with Crippen molar-refractivity contribution in [2.24, 2.45) is 0 Å². The van der Waals surface area contributed by atoms with E-state index < -0.39 is 0 Å². The van der Waals surface area contributed by atoms with E-state index in [1.807, 2.05) is 36.4 Å². The van der Waals surface area contributed by atoms with Gasteiger partial charge in [-0.3, -0.25) is 9.78 Å². The zero-order chi connectivity index (χ0) is 18.4. The molecule has 5 nitrogen and oxygen atoms in total. The predicted octanol–water partition coefficient (Wildman–Crippen LogP) is 2.85. The number of nitrogens with one attached hydrogen (secondary N) is 1. The lowest BCUT2D eigenvalue weighted by atomic mass is 10.1. The summed E-state index contributed by atoms with van der Waals surface area (Å²) in [6.45, 7) is 7.90. The fourth-order valence-electron chi connectivity index (χ4n) is 3.17. The standard InChI is InChI=1S/C20H25ClN4O/c1-2-24-10-12-25(13-11-24)18-7-9-22-19(15-18)20(26)23-8-6-16-4-3-5-17(21)14-16/h3-5,7,9,14-15H,2,6,8,10-13H2,1H3,(H,23,26). The number of hydrogen-bond donors (Lipinski definition) is 1. The molecule has 1 aromatic carbocycles. The van der Waals surface area contributed by atoms with Gasteiger partial charge in [0.15, 0.2) is 0 Å². The highest BCUT2D eigenvalue weighted by atomic mass is 35.5. The molecule has 1 N–H and O–H groups in total. The quantitative estimate of drug-likeness (QED) is 0.847. The van der Waals surface area contributed by atoms with Crippen molar-refractivity contribution in [1.29, 1.82) is 0 Å². The second-order valence-electron chi connectivity index (χ2n) is 6.46. The Morgan fingerprint density at radius 2 is 2.00 bits per heavy atom. The van der Waals surface area contributed by atoms with Gasteiger partial charge in [-0.25, -0.2) is 0 Å². The summed E-state index contributed by atoms with van der Waals surface area (Å²) in [6, 6.07) is 11.6. The molecule has 1 aliphatic heterocycles. The van der Waals surface area contributed by atoms with E-state index in [1.54, 1.807) is 6.20 Å². The van der Waals surface area contributed by atoms with E-state index in [-0.39, 0.29) is 5.91 Å². The van der Waals surface area contributed by atoms with Crippen LogP contribution in [0.4, 0.5) is 5.69 Å². The molecule has 0 spiro atoms. The maximum absolute atomic E-state index is 12.4. The number of rotatable bonds is 6. The molecule has 138 valence electrons. The van der Waals surface area contributed by atoms with E-state index in [4.69, 9.17) is 11.6 Å². The van der Waals surface area contributed by atoms with Gasteiger partial charge in [0.25, 0.3) is 5.91 Å². The largest absolute Gasteiger partial charge is 0.369 e. The lowest BCUT2D eigenvalue weighted by Gasteiger charge is -2.35. The predicted molar refractivity (Wildman–Crippen MR) is 106 cm³/mol. The first-order valence-corrected chi connectivity index (χ1v) is 9.49. The lowest BCUT2D eigenvalue weighted by molar-refractivity contribution is 0.0949. The summed E-state index contributed by atoms with van der Waals surface area (Å²) >= 11 is 5.99. The number of likely N-dealkylation sites (N-methyl/N-ethyl adjacent to an activating group) is 1. The molecule has 1 amide bonds. The van der Waals surface area contributed by atoms with Gasteiger partial charge in [0.05, 0.1) is 0 Å². The summed E-state index contributed by atoms with van der Waals surface area (Å²) in [5.41, 5.74) is 2.63. The van der Waals surface area contributed by atoms with Crippen molar-refractivity contribution in [3.05, 3.63) is 58.9 Å². The summed E-state index contributed by atoms with van der Waals surface area (Å²) in [6.07, 6.45) is 2.46. The van der Waals surface area contributed by atoms with Crippen LogP contribution in [0.15, 0.2) is 42.6 Å². The van der Waals surface area contributed by atoms with Crippen LogP contribution in [-0.2, 0) is 6.42 Å². The van der Waals surface area contributed by atoms with Crippen molar-refractivity contribution in [2.75, 3.05) is 44.2 Å². The lowest BCUT2D eigenvalue weighted by Crippen LogP contribution is -2.46. The number of halogens is 1. The Kier molecular flexibility index (Phi) is 6.47. The third-order valence-corrected chi connectivity index (χ3v) is 4.98. The van der Waals surface area contributed by atoms with E-state index in [0.29, 0.717) is 17.3 Å². The summed E-state index contributed by atoms with van der Waals surface area (Å²) in [7, 11) is 0. The molecule has 1 fully saturated rings. The number of anilines is 1. The summed E-state index contributed by atoms with van der Waals surface area (Å²) in [5, 5.41) is 3.66. The third-order valence-electron chi connectivity index (χ3n) is 4.75. The van der Waals surface area contributed by atoms with Gasteiger partial charge in [-0.05, 0) is 42.8 Å². The Morgan fingerprint density at radius 1 is 1.19 bits per heavy atom. The Hall–Kier alpha value is -2.11. The van der Waals surface area contributed by atoms with E-state index >= 15 is 0 Å². The van der Waals surface area contributed by atoms with Gasteiger partial charge in [-0.1, -0.05) is 30.7 Å². The zero-order valence-corrected chi connectivity index (χ0v) is 15.9. The highest BCUT2D eigenvalue weighted by Crippen LogP contribution is 2.17. The maximum atomic E-state index is 12.4. The second kappa shape index (κ2) is 9.01. The Labute approximate surface area is 160 Å². The van der Waals surface area contributed by atoms with Crippen LogP contribution in [0.1, 0.15) is 23.0 Å². The number of aromatic nitrogens is 1. The van der Waals surface area contributed by atoms with Crippen LogP contribution in [0.5, 0.6) is 0 Å². The summed E-state index contributed by atoms with van der Waals surface area (Å²) in [5.74, 6) is -0.138. The van der Waals surface area contributed by atoms with E-state index in [0.717, 1.165) is 50.4 Å². The number of carbonyl (C=O) groups excluding carboxylic acids is 1. The molecule has 1 aromatic heterocycles. The van der Waals surface area contributed by atoms with E-state index in [2.05, 4.69) is 27.0 Å². The van der Waals surface area contributed by atoms with Crippen LogP contribution in [0, 0.1) is 0 Å². The minimum Gasteiger partial charge on any atom is -0.369 e. The molecule has 0 radical (unpaired) electrons. The van der Waals surface area contributed by atoms with Crippen LogP contribution in [-0.4, -0.2) is 55.1 Å². The second-order valence-corrected chi connectivity index (χ2v) is 6.89. The molecule has 0 unspecified atom stereocenters. The molecule has 0 aliphatic carbocycles. The number of carbonyl (C=O) groups is 1. The zero-order valence-electron chi connectivity index (χ0n) is 15.1. The number of amides is 1. The molecule has 3 rings (SSSR count). The number of hydrogen-bond acceptors (Lipinski definition) is 4. The highest BCUT2D eigenvalue weighted by Gasteiger charge is 2.17. The van der Waals surface area contributed by atoms with Gasteiger partial charge in [-0.2, -0.15) is 0 Å². The first kappa shape index (κ1) is 18.7. The third kappa shape index (κ3) is 4.96. The molecule has 1 aliphatic rings. The number of nitrogens with zero attached hydrogens (tertiary/aromatic N) is 3. The molecular weight excluding hydrogens is 348 g/mol. The monoisotopic (exact) mass is 372 g/mol. The maximum Gasteiger partial charge on any atom is 0.269 e. The van der Waals surface area contributed by atoms with Gasteiger partial charge in [0.2, 0.25) is 0 Å². The molecular formula is C20H25ClN4O. The minimum absolute atomic E-state index is 0.138. The molecule has 0 bridgehead atoms.